The summed E-state index contributed by atoms with van der Waals surface area (Å²) in [5, 5.41) is 0. The Labute approximate surface area is 181 Å². The number of aromatic nitrogens is 3. The van der Waals surface area contributed by atoms with Crippen LogP contribution in [-0.2, 0) is 21.4 Å². The number of rotatable bonds is 4. The summed E-state index contributed by atoms with van der Waals surface area (Å²) in [6.07, 6.45) is 4.35. The second-order valence-electron chi connectivity index (χ2n) is 8.26. The van der Waals surface area contributed by atoms with Crippen molar-refractivity contribution in [1.82, 2.24) is 19.4 Å². The topological polar surface area (TPSA) is 97.6 Å². The third kappa shape index (κ3) is 4.26. The lowest BCUT2D eigenvalue weighted by molar-refractivity contribution is -0.151. The lowest BCUT2D eigenvalue weighted by Crippen LogP contribution is -2.47. The molecule has 2 saturated heterocycles. The average Bonchev–Trinajstić information content (AvgIpc) is 2.81. The SMILES string of the molecule is CCOC(=O)C1CCN(C(=O)C2CCN(c3nc4cccnc4n(C)c3=O)CC2)CC1. The van der Waals surface area contributed by atoms with Gasteiger partial charge in [-0.2, -0.15) is 0 Å². The molecule has 0 unspecified atom stereocenters. The van der Waals surface area contributed by atoms with Gasteiger partial charge in [-0.25, -0.2) is 9.97 Å². The van der Waals surface area contributed by atoms with E-state index in [-0.39, 0.29) is 29.3 Å². The molecule has 9 nitrogen and oxygen atoms in total. The highest BCUT2D eigenvalue weighted by atomic mass is 16.5. The molecule has 0 saturated carbocycles. The van der Waals surface area contributed by atoms with Crippen LogP contribution < -0.4 is 10.5 Å². The van der Waals surface area contributed by atoms with Crippen molar-refractivity contribution in [3.05, 3.63) is 28.7 Å². The monoisotopic (exact) mass is 427 g/mol. The van der Waals surface area contributed by atoms with Crippen molar-refractivity contribution < 1.29 is 14.3 Å². The van der Waals surface area contributed by atoms with E-state index in [1.807, 2.05) is 22.8 Å². The van der Waals surface area contributed by atoms with Gasteiger partial charge >= 0.3 is 5.97 Å². The molecule has 2 aromatic heterocycles. The molecule has 0 radical (unpaired) electrons. The molecule has 31 heavy (non-hydrogen) atoms. The Morgan fingerprint density at radius 1 is 1.10 bits per heavy atom. The van der Waals surface area contributed by atoms with E-state index in [1.165, 1.54) is 4.57 Å². The number of carbonyl (C=O) groups is 2. The summed E-state index contributed by atoms with van der Waals surface area (Å²) in [6.45, 7) is 4.63. The summed E-state index contributed by atoms with van der Waals surface area (Å²) in [5.74, 6) is 0.272. The highest BCUT2D eigenvalue weighted by Crippen LogP contribution is 2.26. The van der Waals surface area contributed by atoms with E-state index >= 15 is 0 Å². The summed E-state index contributed by atoms with van der Waals surface area (Å²) in [7, 11) is 1.71. The average molecular weight is 428 g/mol. The van der Waals surface area contributed by atoms with Gasteiger partial charge in [0.25, 0.3) is 5.56 Å². The Hall–Kier alpha value is -2.97. The quantitative estimate of drug-likeness (QED) is 0.679. The Bertz CT molecular complexity index is 1020. The van der Waals surface area contributed by atoms with Crippen LogP contribution in [0.4, 0.5) is 5.82 Å². The summed E-state index contributed by atoms with van der Waals surface area (Å²) in [5.41, 5.74) is 1.08. The van der Waals surface area contributed by atoms with E-state index in [1.54, 1.807) is 19.3 Å². The number of pyridine rings is 1. The standard InChI is InChI=1S/C22H29N5O4/c1-3-31-22(30)16-8-13-27(14-9-16)20(28)15-6-11-26(12-7-15)19-21(29)25(2)18-17(24-19)5-4-10-23-18/h4-5,10,15-16H,3,6-9,11-14H2,1-2H3. The van der Waals surface area contributed by atoms with Gasteiger partial charge in [-0.15, -0.1) is 0 Å². The third-order valence-corrected chi connectivity index (χ3v) is 6.38. The summed E-state index contributed by atoms with van der Waals surface area (Å²) < 4.78 is 6.64. The normalized spacial score (nSPS) is 18.4. The van der Waals surface area contributed by atoms with Crippen LogP contribution in [0.3, 0.4) is 0 Å². The lowest BCUT2D eigenvalue weighted by Gasteiger charge is -2.37. The van der Waals surface area contributed by atoms with Crippen molar-refractivity contribution in [3.8, 4) is 0 Å². The minimum atomic E-state index is -0.169. The first-order valence-corrected chi connectivity index (χ1v) is 11.0. The van der Waals surface area contributed by atoms with Crippen molar-refractivity contribution >= 4 is 28.9 Å². The fourth-order valence-corrected chi connectivity index (χ4v) is 4.54. The molecule has 0 spiro atoms. The molecule has 2 aromatic rings. The summed E-state index contributed by atoms with van der Waals surface area (Å²) >= 11 is 0. The van der Waals surface area contributed by atoms with E-state index in [9.17, 15) is 14.4 Å². The minimum absolute atomic E-state index is 0.0543. The number of amides is 1. The molecule has 0 N–H and O–H groups in total. The maximum atomic E-state index is 13.0. The molecule has 4 heterocycles. The van der Waals surface area contributed by atoms with Gasteiger partial charge in [0.2, 0.25) is 5.91 Å². The van der Waals surface area contributed by atoms with Crippen molar-refractivity contribution in [2.45, 2.75) is 32.6 Å². The fraction of sp³-hybridized carbons (Fsp3) is 0.591. The molecular formula is C22H29N5O4. The zero-order chi connectivity index (χ0) is 22.0. The molecule has 0 bridgehead atoms. The molecule has 2 aliphatic rings. The van der Waals surface area contributed by atoms with Gasteiger partial charge in [-0.3, -0.25) is 19.0 Å². The molecule has 0 aromatic carbocycles. The maximum Gasteiger partial charge on any atom is 0.309 e. The number of piperidine rings is 2. The summed E-state index contributed by atoms with van der Waals surface area (Å²) in [4.78, 5) is 50.3. The van der Waals surface area contributed by atoms with Gasteiger partial charge in [-0.05, 0) is 44.7 Å². The zero-order valence-electron chi connectivity index (χ0n) is 18.1. The van der Waals surface area contributed by atoms with Crippen LogP contribution in [0.1, 0.15) is 32.6 Å². The molecular weight excluding hydrogens is 398 g/mol. The van der Waals surface area contributed by atoms with Crippen LogP contribution in [0, 0.1) is 11.8 Å². The molecule has 0 aliphatic carbocycles. The van der Waals surface area contributed by atoms with E-state index in [2.05, 4.69) is 9.97 Å². The predicted molar refractivity (Wildman–Crippen MR) is 116 cm³/mol. The first-order chi connectivity index (χ1) is 15.0. The number of carbonyl (C=O) groups excluding carboxylic acids is 2. The molecule has 2 fully saturated rings. The molecule has 4 rings (SSSR count). The zero-order valence-corrected chi connectivity index (χ0v) is 18.1. The summed E-state index contributed by atoms with van der Waals surface area (Å²) in [6, 6.07) is 3.65. The van der Waals surface area contributed by atoms with E-state index in [4.69, 9.17) is 4.74 Å². The Morgan fingerprint density at radius 2 is 1.77 bits per heavy atom. The Morgan fingerprint density at radius 3 is 2.45 bits per heavy atom. The van der Waals surface area contributed by atoms with Crippen LogP contribution >= 0.6 is 0 Å². The van der Waals surface area contributed by atoms with Crippen LogP contribution in [0.25, 0.3) is 11.2 Å². The van der Waals surface area contributed by atoms with Gasteiger partial charge in [-0.1, -0.05) is 0 Å². The van der Waals surface area contributed by atoms with Gasteiger partial charge in [0, 0.05) is 45.3 Å². The van der Waals surface area contributed by atoms with E-state index < -0.39 is 0 Å². The molecule has 1 amide bonds. The van der Waals surface area contributed by atoms with Crippen molar-refractivity contribution in [2.75, 3.05) is 37.7 Å². The first-order valence-electron chi connectivity index (χ1n) is 11.0. The van der Waals surface area contributed by atoms with E-state index in [0.29, 0.717) is 75.5 Å². The number of fused-ring (bicyclic) bond motifs is 1. The predicted octanol–water partition coefficient (Wildman–Crippen LogP) is 1.35. The Balaban J connectivity index is 1.37. The smallest absolute Gasteiger partial charge is 0.309 e. The number of hydrogen-bond acceptors (Lipinski definition) is 7. The second kappa shape index (κ2) is 9.03. The molecule has 166 valence electrons. The number of nitrogens with zero attached hydrogens (tertiary/aromatic N) is 5. The highest BCUT2D eigenvalue weighted by molar-refractivity contribution is 5.80. The molecule has 9 heteroatoms. The van der Waals surface area contributed by atoms with E-state index in [0.717, 1.165) is 0 Å². The molecule has 2 aliphatic heterocycles. The van der Waals surface area contributed by atoms with Gasteiger partial charge in [0.1, 0.15) is 5.52 Å². The number of ether oxygens (including phenoxy) is 1. The van der Waals surface area contributed by atoms with Crippen LogP contribution in [0.5, 0.6) is 0 Å². The first kappa shape index (κ1) is 21.3. The maximum absolute atomic E-state index is 13.0. The largest absolute Gasteiger partial charge is 0.466 e. The van der Waals surface area contributed by atoms with Crippen molar-refractivity contribution in [3.63, 3.8) is 0 Å². The number of aryl methyl sites for hydroxylation is 1. The van der Waals surface area contributed by atoms with Gasteiger partial charge < -0.3 is 14.5 Å². The lowest BCUT2D eigenvalue weighted by atomic mass is 9.92. The third-order valence-electron chi connectivity index (χ3n) is 6.38. The highest BCUT2D eigenvalue weighted by Gasteiger charge is 2.33. The molecule has 0 atom stereocenters. The Kier molecular flexibility index (Phi) is 6.20. The minimum Gasteiger partial charge on any atom is -0.466 e. The number of esters is 1. The number of anilines is 1. The van der Waals surface area contributed by atoms with Crippen LogP contribution in [0.2, 0.25) is 0 Å². The van der Waals surface area contributed by atoms with Crippen molar-refractivity contribution in [1.29, 1.82) is 0 Å². The van der Waals surface area contributed by atoms with Crippen LogP contribution in [-0.4, -0.2) is 64.1 Å². The van der Waals surface area contributed by atoms with Gasteiger partial charge in [0.15, 0.2) is 11.5 Å². The van der Waals surface area contributed by atoms with Crippen molar-refractivity contribution in [2.24, 2.45) is 18.9 Å². The van der Waals surface area contributed by atoms with Crippen LogP contribution in [0.15, 0.2) is 23.1 Å². The fourth-order valence-electron chi connectivity index (χ4n) is 4.54. The number of hydrogen-bond donors (Lipinski definition) is 0. The van der Waals surface area contributed by atoms with Gasteiger partial charge in [0.05, 0.1) is 12.5 Å². The second-order valence-corrected chi connectivity index (χ2v) is 8.26. The number of likely N-dealkylation sites (tertiary alicyclic amines) is 1.